The molecule has 22 heavy (non-hydrogen) atoms. The summed E-state index contributed by atoms with van der Waals surface area (Å²) in [6.45, 7) is 7.61. The fourth-order valence-corrected chi connectivity index (χ4v) is 2.68. The number of aryl methyl sites for hydroxylation is 1. The molecule has 0 radical (unpaired) electrons. The van der Waals surface area contributed by atoms with Crippen molar-refractivity contribution in [2.75, 3.05) is 18.4 Å². The molecule has 1 N–H and O–H groups in total. The van der Waals surface area contributed by atoms with Crippen molar-refractivity contribution in [3.8, 4) is 11.5 Å². The first kappa shape index (κ1) is 14.9. The van der Waals surface area contributed by atoms with Crippen LogP contribution in [0.5, 0.6) is 0 Å². The Labute approximate surface area is 134 Å². The van der Waals surface area contributed by atoms with Gasteiger partial charge < -0.3 is 9.73 Å². The van der Waals surface area contributed by atoms with Gasteiger partial charge in [-0.15, -0.1) is 0 Å². The van der Waals surface area contributed by atoms with E-state index in [1.165, 1.54) is 0 Å². The minimum atomic E-state index is 0.644. The summed E-state index contributed by atoms with van der Waals surface area (Å²) in [7, 11) is 0. The number of nitrogens with zero attached hydrogens (tertiary/aromatic N) is 2. The van der Waals surface area contributed by atoms with E-state index in [2.05, 4.69) is 15.3 Å². The summed E-state index contributed by atoms with van der Waals surface area (Å²) in [4.78, 5) is 9.13. The lowest BCUT2D eigenvalue weighted by Gasteiger charge is -2.11. The molecule has 114 valence electrons. The molecule has 2 aliphatic rings. The third-order valence-corrected chi connectivity index (χ3v) is 3.80. The molecule has 1 heterocycles. The van der Waals surface area contributed by atoms with Crippen LogP contribution in [0.3, 0.4) is 0 Å². The van der Waals surface area contributed by atoms with E-state index in [1.54, 1.807) is 0 Å². The summed E-state index contributed by atoms with van der Waals surface area (Å²) >= 11 is 6.27. The molecule has 0 saturated heterocycles. The van der Waals surface area contributed by atoms with Crippen LogP contribution in [0.15, 0.2) is 33.7 Å². The molecule has 0 bridgehead atoms. The smallest absolute Gasteiger partial charge is 0.155 e. The van der Waals surface area contributed by atoms with Crippen LogP contribution in [0.1, 0.15) is 19.4 Å². The lowest BCUT2D eigenvalue weighted by atomic mass is 10.1. The van der Waals surface area contributed by atoms with Crippen molar-refractivity contribution in [2.45, 2.75) is 20.8 Å². The van der Waals surface area contributed by atoms with Crippen molar-refractivity contribution >= 4 is 28.4 Å². The zero-order chi connectivity index (χ0) is 15.7. The van der Waals surface area contributed by atoms with Gasteiger partial charge in [0.2, 0.25) is 0 Å². The van der Waals surface area contributed by atoms with Crippen molar-refractivity contribution < 1.29 is 4.42 Å². The second kappa shape index (κ2) is 5.97. The maximum absolute atomic E-state index is 6.27. The molecule has 1 aliphatic heterocycles. The highest BCUT2D eigenvalue weighted by Gasteiger charge is 2.12. The maximum atomic E-state index is 6.27. The Balaban J connectivity index is 2.28. The second-order valence-electron chi connectivity index (χ2n) is 5.12. The van der Waals surface area contributed by atoms with Crippen molar-refractivity contribution in [3.63, 3.8) is 0 Å². The van der Waals surface area contributed by atoms with Gasteiger partial charge >= 0.3 is 0 Å². The van der Waals surface area contributed by atoms with Crippen molar-refractivity contribution in [1.82, 2.24) is 4.98 Å². The van der Waals surface area contributed by atoms with Crippen LogP contribution in [0, 0.1) is 6.92 Å². The van der Waals surface area contributed by atoms with E-state index in [0.717, 1.165) is 46.7 Å². The molecular weight excluding hydrogens is 298 g/mol. The molecule has 4 nitrogen and oxygen atoms in total. The first-order valence-electron chi connectivity index (χ1n) is 7.41. The van der Waals surface area contributed by atoms with Gasteiger partial charge in [0.25, 0.3) is 0 Å². The number of hydrogen-bond acceptors (Lipinski definition) is 4. The van der Waals surface area contributed by atoms with Crippen LogP contribution in [0.25, 0.3) is 22.6 Å². The highest BCUT2D eigenvalue weighted by molar-refractivity contribution is 6.34. The van der Waals surface area contributed by atoms with E-state index in [0.29, 0.717) is 10.6 Å². The van der Waals surface area contributed by atoms with Gasteiger partial charge in [0, 0.05) is 25.2 Å². The molecule has 0 aromatic heterocycles. The fraction of sp³-hybridized carbons (Fsp3) is 0.294. The van der Waals surface area contributed by atoms with Crippen LogP contribution in [0.2, 0.25) is 5.02 Å². The van der Waals surface area contributed by atoms with Gasteiger partial charge in [-0.1, -0.05) is 11.6 Å². The lowest BCUT2D eigenvalue weighted by molar-refractivity contribution is 0.612. The second-order valence-corrected chi connectivity index (χ2v) is 5.53. The summed E-state index contributed by atoms with van der Waals surface area (Å²) in [5, 5.41) is 4.81. The molecule has 5 heteroatoms. The summed E-state index contributed by atoms with van der Waals surface area (Å²) in [5.74, 6) is 0.732. The monoisotopic (exact) mass is 315 g/mol. The first-order chi connectivity index (χ1) is 10.6. The van der Waals surface area contributed by atoms with E-state index in [9.17, 15) is 0 Å². The van der Waals surface area contributed by atoms with Crippen LogP contribution < -0.4 is 10.7 Å². The zero-order valence-corrected chi connectivity index (χ0v) is 13.7. The van der Waals surface area contributed by atoms with Crippen LogP contribution in [-0.4, -0.2) is 18.1 Å². The third kappa shape index (κ3) is 2.66. The van der Waals surface area contributed by atoms with Gasteiger partial charge in [-0.05, 0) is 38.5 Å². The molecule has 0 atom stereocenters. The van der Waals surface area contributed by atoms with E-state index >= 15 is 0 Å². The maximum Gasteiger partial charge on any atom is 0.155 e. The molecule has 0 spiro atoms. The molecule has 1 aliphatic carbocycles. The largest absolute Gasteiger partial charge is 0.453 e. The van der Waals surface area contributed by atoms with Crippen LogP contribution >= 0.6 is 11.6 Å². The number of rotatable bonds is 3. The summed E-state index contributed by atoms with van der Waals surface area (Å²) in [5.41, 5.74) is 4.21. The summed E-state index contributed by atoms with van der Waals surface area (Å²) in [6.07, 6.45) is 0. The number of aromatic nitrogens is 1. The third-order valence-electron chi connectivity index (χ3n) is 3.48. The highest BCUT2D eigenvalue weighted by atomic mass is 35.5. The number of anilines is 1. The van der Waals surface area contributed by atoms with Crippen molar-refractivity contribution in [1.29, 1.82) is 0 Å². The summed E-state index contributed by atoms with van der Waals surface area (Å²) < 4.78 is 6.01. The number of halogens is 1. The molecule has 3 rings (SSSR count). The Morgan fingerprint density at radius 2 is 2.05 bits per heavy atom. The molecule has 1 aromatic carbocycles. The Morgan fingerprint density at radius 3 is 2.77 bits per heavy atom. The topological polar surface area (TPSA) is 50.4 Å². The molecule has 0 fully saturated rings. The number of hydrogen-bond donors (Lipinski definition) is 1. The number of nitrogens with one attached hydrogen (secondary N) is 1. The molecule has 0 saturated carbocycles. The van der Waals surface area contributed by atoms with Crippen molar-refractivity contribution in [2.24, 2.45) is 4.99 Å². The Morgan fingerprint density at radius 1 is 1.23 bits per heavy atom. The van der Waals surface area contributed by atoms with E-state index in [4.69, 9.17) is 16.0 Å². The van der Waals surface area contributed by atoms with Gasteiger partial charge in [-0.2, -0.15) is 0 Å². The van der Waals surface area contributed by atoms with Gasteiger partial charge in [0.05, 0.1) is 16.1 Å². The fourth-order valence-electron chi connectivity index (χ4n) is 2.46. The minimum absolute atomic E-state index is 0.644. The average molecular weight is 316 g/mol. The molecule has 1 aromatic rings. The van der Waals surface area contributed by atoms with Crippen LogP contribution in [0.4, 0.5) is 5.69 Å². The average Bonchev–Trinajstić information content (AvgIpc) is 2.48. The molecule has 0 amide bonds. The van der Waals surface area contributed by atoms with E-state index in [1.807, 2.05) is 45.0 Å². The first-order valence-corrected chi connectivity index (χ1v) is 7.79. The van der Waals surface area contributed by atoms with Crippen molar-refractivity contribution in [3.05, 3.63) is 40.2 Å². The van der Waals surface area contributed by atoms with Gasteiger partial charge in [-0.25, -0.2) is 4.98 Å². The van der Waals surface area contributed by atoms with Gasteiger partial charge in [0.1, 0.15) is 11.2 Å². The predicted octanol–water partition coefficient (Wildman–Crippen LogP) is 4.25. The molecular formula is C17H18ClN3O. The standard InChI is InChI=1S/C17H18ClN3O/c1-4-19-12-8-16-14(6-10(12)3)21-15-7-11(18)13(20-5-2)9-17(15)22-16/h6-9,20H,4-5H2,1-3H3. The summed E-state index contributed by atoms with van der Waals surface area (Å²) in [6, 6.07) is 7.67. The normalized spacial score (nSPS) is 12.3. The Bertz CT molecular complexity index is 870. The van der Waals surface area contributed by atoms with Crippen LogP contribution in [-0.2, 0) is 0 Å². The Hall–Kier alpha value is -2.07. The number of fused-ring (bicyclic) bond motifs is 2. The SMILES string of the molecule is CCN=c1cc2oc3cc(NCC)c(Cl)cc3nc-2cc1C. The van der Waals surface area contributed by atoms with Gasteiger partial charge in [-0.3, -0.25) is 4.99 Å². The van der Waals surface area contributed by atoms with Gasteiger partial charge in [0.15, 0.2) is 11.3 Å². The van der Waals surface area contributed by atoms with E-state index < -0.39 is 0 Å². The highest BCUT2D eigenvalue weighted by Crippen LogP contribution is 2.31. The molecule has 0 unspecified atom stereocenters. The predicted molar refractivity (Wildman–Crippen MR) is 90.6 cm³/mol. The lowest BCUT2D eigenvalue weighted by Crippen LogP contribution is -2.09. The van der Waals surface area contributed by atoms with E-state index in [-0.39, 0.29) is 0 Å². The quantitative estimate of drug-likeness (QED) is 0.735. The zero-order valence-electron chi connectivity index (χ0n) is 12.9. The number of benzene rings is 2. The minimum Gasteiger partial charge on any atom is -0.453 e. The Kier molecular flexibility index (Phi) is 4.03.